The molecular weight excluding hydrogens is 292 g/mol. The molecule has 0 saturated heterocycles. The van der Waals surface area contributed by atoms with Gasteiger partial charge in [0.15, 0.2) is 0 Å². The molecule has 0 radical (unpaired) electrons. The highest BCUT2D eigenvalue weighted by Gasteiger charge is 2.35. The van der Waals surface area contributed by atoms with Gasteiger partial charge in [-0.15, -0.1) is 0 Å². The van der Waals surface area contributed by atoms with Gasteiger partial charge in [-0.3, -0.25) is 4.79 Å². The predicted molar refractivity (Wildman–Crippen MR) is 91.1 cm³/mol. The van der Waals surface area contributed by atoms with E-state index < -0.39 is 11.0 Å². The van der Waals surface area contributed by atoms with Crippen molar-refractivity contribution < 1.29 is 19.0 Å². The number of methoxy groups -OCH3 is 1. The molecule has 0 amide bonds. The fourth-order valence-electron chi connectivity index (χ4n) is 2.16. The molecule has 0 saturated carbocycles. The van der Waals surface area contributed by atoms with Crippen LogP contribution in [0.15, 0.2) is 30.3 Å². The smallest absolute Gasteiger partial charge is 0.312 e. The first-order valence-corrected chi connectivity index (χ1v) is 8.02. The molecule has 0 aliphatic heterocycles. The Morgan fingerprint density at radius 1 is 1.09 bits per heavy atom. The summed E-state index contributed by atoms with van der Waals surface area (Å²) in [5.41, 5.74) is 0.0129. The SMILES string of the molecule is COC(COCc1ccccc1)CC(C)(C)C(=O)OC(C)(C)C. The second kappa shape index (κ2) is 8.46. The van der Waals surface area contributed by atoms with Crippen LogP contribution in [0.1, 0.15) is 46.6 Å². The zero-order valence-corrected chi connectivity index (χ0v) is 15.2. The molecule has 0 spiro atoms. The van der Waals surface area contributed by atoms with Gasteiger partial charge in [-0.25, -0.2) is 0 Å². The predicted octanol–water partition coefficient (Wildman–Crippen LogP) is 3.98. The van der Waals surface area contributed by atoms with Gasteiger partial charge in [0.25, 0.3) is 0 Å². The molecule has 130 valence electrons. The number of carbonyl (C=O) groups is 1. The summed E-state index contributed by atoms with van der Waals surface area (Å²) >= 11 is 0. The third-order valence-corrected chi connectivity index (χ3v) is 3.44. The van der Waals surface area contributed by atoms with Crippen LogP contribution in [0.4, 0.5) is 0 Å². The first kappa shape index (κ1) is 19.7. The van der Waals surface area contributed by atoms with Crippen LogP contribution < -0.4 is 0 Å². The molecule has 0 fully saturated rings. The summed E-state index contributed by atoms with van der Waals surface area (Å²) in [6, 6.07) is 9.99. The monoisotopic (exact) mass is 322 g/mol. The molecule has 1 aromatic rings. The molecule has 0 N–H and O–H groups in total. The van der Waals surface area contributed by atoms with Crippen molar-refractivity contribution in [3.63, 3.8) is 0 Å². The Morgan fingerprint density at radius 2 is 1.70 bits per heavy atom. The van der Waals surface area contributed by atoms with Crippen molar-refractivity contribution in [1.82, 2.24) is 0 Å². The quantitative estimate of drug-likeness (QED) is 0.679. The molecule has 4 nitrogen and oxygen atoms in total. The summed E-state index contributed by atoms with van der Waals surface area (Å²) in [5.74, 6) is -0.213. The number of ether oxygens (including phenoxy) is 3. The molecule has 0 aliphatic rings. The summed E-state index contributed by atoms with van der Waals surface area (Å²) in [6.07, 6.45) is 0.397. The van der Waals surface area contributed by atoms with Crippen LogP contribution in [0.5, 0.6) is 0 Å². The third-order valence-electron chi connectivity index (χ3n) is 3.44. The molecule has 0 aliphatic carbocycles. The van der Waals surface area contributed by atoms with Crippen LogP contribution in [-0.2, 0) is 25.6 Å². The van der Waals surface area contributed by atoms with Crippen molar-refractivity contribution in [3.8, 4) is 0 Å². The van der Waals surface area contributed by atoms with E-state index in [-0.39, 0.29) is 12.1 Å². The molecule has 4 heteroatoms. The minimum atomic E-state index is -0.621. The Bertz CT molecular complexity index is 474. The van der Waals surface area contributed by atoms with Gasteiger partial charge in [0.2, 0.25) is 0 Å². The van der Waals surface area contributed by atoms with Gasteiger partial charge in [-0.2, -0.15) is 0 Å². The number of hydrogen-bond donors (Lipinski definition) is 0. The van der Waals surface area contributed by atoms with Crippen molar-refractivity contribution in [2.24, 2.45) is 5.41 Å². The molecule has 23 heavy (non-hydrogen) atoms. The van der Waals surface area contributed by atoms with Gasteiger partial charge in [0, 0.05) is 7.11 Å². The maximum atomic E-state index is 12.3. The molecule has 0 bridgehead atoms. The Morgan fingerprint density at radius 3 is 2.22 bits per heavy atom. The second-order valence-electron chi connectivity index (χ2n) is 7.45. The van der Waals surface area contributed by atoms with E-state index in [2.05, 4.69) is 0 Å². The van der Waals surface area contributed by atoms with Gasteiger partial charge < -0.3 is 14.2 Å². The fourth-order valence-corrected chi connectivity index (χ4v) is 2.16. The lowest BCUT2D eigenvalue weighted by molar-refractivity contribution is -0.168. The number of carbonyl (C=O) groups excluding carboxylic acids is 1. The molecule has 1 aromatic carbocycles. The lowest BCUT2D eigenvalue weighted by Gasteiger charge is -2.30. The highest BCUT2D eigenvalue weighted by Crippen LogP contribution is 2.28. The van der Waals surface area contributed by atoms with Crippen molar-refractivity contribution in [1.29, 1.82) is 0 Å². The molecule has 1 unspecified atom stereocenters. The van der Waals surface area contributed by atoms with Crippen LogP contribution in [0.25, 0.3) is 0 Å². The van der Waals surface area contributed by atoms with Crippen molar-refractivity contribution in [3.05, 3.63) is 35.9 Å². The highest BCUT2D eigenvalue weighted by molar-refractivity contribution is 5.76. The van der Waals surface area contributed by atoms with Crippen molar-refractivity contribution in [2.45, 2.75) is 59.4 Å². The average Bonchev–Trinajstić information content (AvgIpc) is 2.45. The van der Waals surface area contributed by atoms with E-state index in [1.807, 2.05) is 65.0 Å². The molecule has 1 atom stereocenters. The van der Waals surface area contributed by atoms with Crippen molar-refractivity contribution in [2.75, 3.05) is 13.7 Å². The van der Waals surface area contributed by atoms with E-state index >= 15 is 0 Å². The summed E-state index contributed by atoms with van der Waals surface area (Å²) in [6.45, 7) is 10.4. The van der Waals surface area contributed by atoms with Crippen LogP contribution in [0.2, 0.25) is 0 Å². The Labute approximate surface area is 140 Å². The first-order chi connectivity index (χ1) is 10.6. The van der Waals surface area contributed by atoms with E-state index in [1.54, 1.807) is 7.11 Å². The Balaban J connectivity index is 2.49. The fraction of sp³-hybridized carbons (Fsp3) is 0.632. The standard InChI is InChI=1S/C19H30O4/c1-18(2,3)23-17(20)19(4,5)12-16(21-6)14-22-13-15-10-8-7-9-11-15/h7-11,16H,12-14H2,1-6H3. The number of hydrogen-bond acceptors (Lipinski definition) is 4. The summed E-state index contributed by atoms with van der Waals surface area (Å²) in [4.78, 5) is 12.3. The van der Waals surface area contributed by atoms with E-state index in [9.17, 15) is 4.79 Å². The lowest BCUT2D eigenvalue weighted by Crippen LogP contribution is -2.37. The summed E-state index contributed by atoms with van der Waals surface area (Å²) in [5, 5.41) is 0. The van der Waals surface area contributed by atoms with E-state index in [0.29, 0.717) is 19.6 Å². The average molecular weight is 322 g/mol. The Kier molecular flexibility index (Phi) is 7.23. The minimum absolute atomic E-state index is 0.152. The van der Waals surface area contributed by atoms with Gasteiger partial charge in [0.05, 0.1) is 24.7 Å². The maximum absolute atomic E-state index is 12.3. The molecular formula is C19H30O4. The van der Waals surface area contributed by atoms with Crippen LogP contribution in [0.3, 0.4) is 0 Å². The van der Waals surface area contributed by atoms with Crippen LogP contribution >= 0.6 is 0 Å². The second-order valence-corrected chi connectivity index (χ2v) is 7.45. The number of esters is 1. The van der Waals surface area contributed by atoms with E-state index in [4.69, 9.17) is 14.2 Å². The van der Waals surface area contributed by atoms with Gasteiger partial charge in [0.1, 0.15) is 5.60 Å². The highest BCUT2D eigenvalue weighted by atomic mass is 16.6. The van der Waals surface area contributed by atoms with Gasteiger partial charge in [-0.1, -0.05) is 30.3 Å². The van der Waals surface area contributed by atoms with Crippen LogP contribution in [0, 0.1) is 5.41 Å². The first-order valence-electron chi connectivity index (χ1n) is 8.02. The third kappa shape index (κ3) is 7.62. The molecule has 0 aromatic heterocycles. The topological polar surface area (TPSA) is 44.8 Å². The van der Waals surface area contributed by atoms with Crippen LogP contribution in [-0.4, -0.2) is 31.4 Å². The van der Waals surface area contributed by atoms with Crippen molar-refractivity contribution >= 4 is 5.97 Å². The number of rotatable bonds is 8. The van der Waals surface area contributed by atoms with Gasteiger partial charge in [-0.05, 0) is 46.6 Å². The van der Waals surface area contributed by atoms with E-state index in [0.717, 1.165) is 5.56 Å². The number of benzene rings is 1. The zero-order valence-electron chi connectivity index (χ0n) is 15.2. The Hall–Kier alpha value is -1.39. The zero-order chi connectivity index (χ0) is 17.5. The van der Waals surface area contributed by atoms with Gasteiger partial charge >= 0.3 is 5.97 Å². The minimum Gasteiger partial charge on any atom is -0.460 e. The van der Waals surface area contributed by atoms with E-state index in [1.165, 1.54) is 0 Å². The summed E-state index contributed by atoms with van der Waals surface area (Å²) in [7, 11) is 1.64. The normalized spacial score (nSPS) is 13.7. The molecule has 1 rings (SSSR count). The lowest BCUT2D eigenvalue weighted by atomic mass is 9.86. The largest absolute Gasteiger partial charge is 0.460 e. The summed E-state index contributed by atoms with van der Waals surface area (Å²) < 4.78 is 16.7. The maximum Gasteiger partial charge on any atom is 0.312 e. The molecule has 0 heterocycles.